The average Bonchev–Trinajstić information content (AvgIpc) is 3.21. The van der Waals surface area contributed by atoms with Crippen LogP contribution in [0.5, 0.6) is 5.75 Å². The summed E-state index contributed by atoms with van der Waals surface area (Å²) in [5.74, 6) is 0.162. The normalized spacial score (nSPS) is 11.3. The summed E-state index contributed by atoms with van der Waals surface area (Å²) in [4.78, 5) is 4.14. The number of nitrogens with one attached hydrogen (secondary N) is 1. The lowest BCUT2D eigenvalue weighted by Gasteiger charge is -2.07. The summed E-state index contributed by atoms with van der Waals surface area (Å²) in [7, 11) is -4.10. The molecule has 0 aliphatic rings. The van der Waals surface area contributed by atoms with E-state index in [9.17, 15) is 12.8 Å². The fourth-order valence-corrected chi connectivity index (χ4v) is 4.32. The zero-order chi connectivity index (χ0) is 22.7. The molecule has 9 heteroatoms. The van der Waals surface area contributed by atoms with E-state index < -0.39 is 15.7 Å². The maximum Gasteiger partial charge on any atom is 0.238 e. The largest absolute Gasteiger partial charge is 0.494 e. The Morgan fingerprint density at radius 1 is 1.00 bits per heavy atom. The highest BCUT2D eigenvalue weighted by Crippen LogP contribution is 2.34. The molecule has 164 valence electrons. The molecule has 3 aromatic carbocycles. The number of hydrogen-bond donors (Lipinski definition) is 1. The van der Waals surface area contributed by atoms with Crippen LogP contribution in [0.4, 0.5) is 16.0 Å². The Morgan fingerprint density at radius 3 is 2.28 bits per heavy atom. The first kappa shape index (κ1) is 21.9. The minimum Gasteiger partial charge on any atom is -0.494 e. The van der Waals surface area contributed by atoms with Gasteiger partial charge in [-0.1, -0.05) is 11.6 Å². The molecule has 0 saturated carbocycles. The molecule has 0 aliphatic heterocycles. The molecule has 32 heavy (non-hydrogen) atoms. The third-order valence-corrected chi connectivity index (χ3v) is 6.42. The fraction of sp³-hybridized carbons (Fsp3) is 0.0870. The molecule has 0 spiro atoms. The number of hydrogen-bond acceptors (Lipinski definition) is 6. The topological polar surface area (TPSA) is 81.4 Å². The van der Waals surface area contributed by atoms with Crippen molar-refractivity contribution in [1.82, 2.24) is 4.98 Å². The average molecular weight is 473 g/mol. The van der Waals surface area contributed by atoms with Crippen LogP contribution in [0.15, 0.2) is 87.1 Å². The van der Waals surface area contributed by atoms with Crippen molar-refractivity contribution < 1.29 is 22.0 Å². The van der Waals surface area contributed by atoms with E-state index in [1.54, 1.807) is 48.5 Å². The van der Waals surface area contributed by atoms with E-state index in [0.29, 0.717) is 28.6 Å². The van der Waals surface area contributed by atoms with Gasteiger partial charge in [-0.25, -0.2) is 12.8 Å². The standard InChI is InChI=1S/C23H18ClFN2O4S/c1-2-30-19-11-9-18(10-12-19)26-22-23(32(28,29)20-13-7-17(25)8-14-20)27-21(31-22)15-3-5-16(24)6-4-15/h3-14,26H,2H2,1H3. The SMILES string of the molecule is CCOc1ccc(Nc2oc(-c3ccc(Cl)cc3)nc2S(=O)(=O)c2ccc(F)cc2)cc1. The second-order valence-electron chi connectivity index (χ2n) is 6.70. The smallest absolute Gasteiger partial charge is 0.238 e. The van der Waals surface area contributed by atoms with Crippen molar-refractivity contribution in [3.63, 3.8) is 0 Å². The van der Waals surface area contributed by atoms with Gasteiger partial charge in [0.2, 0.25) is 26.6 Å². The number of nitrogens with zero attached hydrogens (tertiary/aromatic N) is 1. The van der Waals surface area contributed by atoms with Crippen molar-refractivity contribution >= 4 is 33.0 Å². The third-order valence-electron chi connectivity index (χ3n) is 4.49. The molecule has 0 bridgehead atoms. The van der Waals surface area contributed by atoms with Crippen LogP contribution in [0.1, 0.15) is 6.92 Å². The van der Waals surface area contributed by atoms with E-state index in [1.807, 2.05) is 6.92 Å². The number of ether oxygens (including phenoxy) is 1. The Bertz CT molecular complexity index is 1320. The maximum atomic E-state index is 13.3. The minimum absolute atomic E-state index is 0.0663. The van der Waals surface area contributed by atoms with Crippen LogP contribution in [0.2, 0.25) is 5.02 Å². The summed E-state index contributed by atoms with van der Waals surface area (Å²) in [6.45, 7) is 2.41. The van der Waals surface area contributed by atoms with Gasteiger partial charge >= 0.3 is 0 Å². The van der Waals surface area contributed by atoms with E-state index >= 15 is 0 Å². The van der Waals surface area contributed by atoms with Gasteiger partial charge in [0.1, 0.15) is 11.6 Å². The molecule has 6 nitrogen and oxygen atoms in total. The van der Waals surface area contributed by atoms with Crippen molar-refractivity contribution in [3.05, 3.63) is 83.6 Å². The Balaban J connectivity index is 1.78. The van der Waals surface area contributed by atoms with Gasteiger partial charge < -0.3 is 14.5 Å². The third kappa shape index (κ3) is 4.61. The zero-order valence-electron chi connectivity index (χ0n) is 16.9. The molecule has 0 saturated heterocycles. The lowest BCUT2D eigenvalue weighted by atomic mass is 10.2. The van der Waals surface area contributed by atoms with E-state index in [0.717, 1.165) is 12.1 Å². The molecule has 0 unspecified atom stereocenters. The van der Waals surface area contributed by atoms with Crippen LogP contribution in [0, 0.1) is 5.82 Å². The number of rotatable bonds is 7. The second-order valence-corrected chi connectivity index (χ2v) is 9.00. The number of anilines is 2. The molecule has 0 atom stereocenters. The quantitative estimate of drug-likeness (QED) is 0.327. The van der Waals surface area contributed by atoms with Crippen LogP contribution < -0.4 is 10.1 Å². The van der Waals surface area contributed by atoms with Gasteiger partial charge in [0.05, 0.1) is 11.5 Å². The monoisotopic (exact) mass is 472 g/mol. The minimum atomic E-state index is -4.10. The van der Waals surface area contributed by atoms with Gasteiger partial charge in [-0.3, -0.25) is 0 Å². The molecular weight excluding hydrogens is 455 g/mol. The van der Waals surface area contributed by atoms with Crippen LogP contribution in [-0.4, -0.2) is 20.0 Å². The summed E-state index contributed by atoms with van der Waals surface area (Å²) >= 11 is 5.94. The molecule has 0 radical (unpaired) electrons. The Labute approximate surface area is 189 Å². The molecular formula is C23H18ClFN2O4S. The lowest BCUT2D eigenvalue weighted by molar-refractivity contribution is 0.340. The summed E-state index contributed by atoms with van der Waals surface area (Å²) in [5, 5.41) is 3.17. The first-order chi connectivity index (χ1) is 15.4. The van der Waals surface area contributed by atoms with Gasteiger partial charge in [0.15, 0.2) is 0 Å². The van der Waals surface area contributed by atoms with Crippen LogP contribution in [0.25, 0.3) is 11.5 Å². The lowest BCUT2D eigenvalue weighted by Crippen LogP contribution is -2.05. The van der Waals surface area contributed by atoms with Gasteiger partial charge in [-0.05, 0) is 79.7 Å². The molecule has 0 amide bonds. The second kappa shape index (κ2) is 9.02. The number of sulfone groups is 1. The van der Waals surface area contributed by atoms with Crippen LogP contribution >= 0.6 is 11.6 Å². The summed E-state index contributed by atoms with van der Waals surface area (Å²) in [6, 6.07) is 18.1. The van der Waals surface area contributed by atoms with Crippen molar-refractivity contribution in [1.29, 1.82) is 0 Å². The molecule has 0 fully saturated rings. The first-order valence-corrected chi connectivity index (χ1v) is 11.5. The molecule has 4 aromatic rings. The predicted molar refractivity (Wildman–Crippen MR) is 120 cm³/mol. The van der Waals surface area contributed by atoms with Gasteiger partial charge in [-0.2, -0.15) is 4.98 Å². The molecule has 1 N–H and O–H groups in total. The van der Waals surface area contributed by atoms with E-state index in [2.05, 4.69) is 10.3 Å². The Kier molecular flexibility index (Phi) is 6.16. The van der Waals surface area contributed by atoms with Crippen molar-refractivity contribution in [2.75, 3.05) is 11.9 Å². The number of aromatic nitrogens is 1. The van der Waals surface area contributed by atoms with Crippen LogP contribution in [-0.2, 0) is 9.84 Å². The van der Waals surface area contributed by atoms with Crippen molar-refractivity contribution in [2.45, 2.75) is 16.8 Å². The first-order valence-electron chi connectivity index (χ1n) is 9.64. The summed E-state index contributed by atoms with van der Waals surface area (Å²) in [5.41, 5.74) is 1.12. The van der Waals surface area contributed by atoms with E-state index in [-0.39, 0.29) is 21.7 Å². The Morgan fingerprint density at radius 2 is 1.66 bits per heavy atom. The number of halogens is 2. The van der Waals surface area contributed by atoms with Gasteiger partial charge in [0, 0.05) is 16.3 Å². The fourth-order valence-electron chi connectivity index (χ4n) is 2.94. The highest BCUT2D eigenvalue weighted by molar-refractivity contribution is 7.91. The molecule has 1 heterocycles. The van der Waals surface area contributed by atoms with E-state index in [4.69, 9.17) is 20.8 Å². The van der Waals surface area contributed by atoms with Gasteiger partial charge in [0.25, 0.3) is 0 Å². The Hall–Kier alpha value is -3.36. The highest BCUT2D eigenvalue weighted by atomic mass is 35.5. The van der Waals surface area contributed by atoms with E-state index in [1.165, 1.54) is 12.1 Å². The summed E-state index contributed by atoms with van der Waals surface area (Å²) < 4.78 is 51.1. The zero-order valence-corrected chi connectivity index (χ0v) is 18.5. The molecule has 1 aromatic heterocycles. The highest BCUT2D eigenvalue weighted by Gasteiger charge is 2.29. The molecule has 4 rings (SSSR count). The maximum absolute atomic E-state index is 13.3. The predicted octanol–water partition coefficient (Wildman–Crippen LogP) is 6.11. The van der Waals surface area contributed by atoms with Crippen LogP contribution in [0.3, 0.4) is 0 Å². The molecule has 0 aliphatic carbocycles. The van der Waals surface area contributed by atoms with Crippen molar-refractivity contribution in [2.24, 2.45) is 0 Å². The van der Waals surface area contributed by atoms with Gasteiger partial charge in [-0.15, -0.1) is 0 Å². The van der Waals surface area contributed by atoms with Crippen molar-refractivity contribution in [3.8, 4) is 17.2 Å². The number of oxazole rings is 1. The number of benzene rings is 3. The summed E-state index contributed by atoms with van der Waals surface area (Å²) in [6.07, 6.45) is 0.